The number of amides is 1. The van der Waals surface area contributed by atoms with E-state index >= 15 is 0 Å². The molecule has 2 atom stereocenters. The molecule has 0 aromatic heterocycles. The Kier molecular flexibility index (Phi) is 7.09. The Bertz CT molecular complexity index is 902. The van der Waals surface area contributed by atoms with Gasteiger partial charge < -0.3 is 10.1 Å². The lowest BCUT2D eigenvalue weighted by atomic mass is 9.86. The van der Waals surface area contributed by atoms with Crippen LogP contribution in [-0.2, 0) is 19.6 Å². The molecule has 0 spiro atoms. The highest BCUT2D eigenvalue weighted by atomic mass is 35.5. The van der Waals surface area contributed by atoms with Gasteiger partial charge in [0.25, 0.3) is 5.91 Å². The van der Waals surface area contributed by atoms with Crippen LogP contribution in [0.15, 0.2) is 17.0 Å². The molecule has 3 rings (SSSR count). The number of ether oxygens (including phenoxy) is 1. The van der Waals surface area contributed by atoms with Crippen molar-refractivity contribution in [1.82, 2.24) is 10.0 Å². The number of esters is 1. The van der Waals surface area contributed by atoms with Gasteiger partial charge in [-0.25, -0.2) is 17.9 Å². The molecule has 0 saturated heterocycles. The zero-order chi connectivity index (χ0) is 21.2. The van der Waals surface area contributed by atoms with Gasteiger partial charge in [0, 0.05) is 12.1 Å². The third-order valence-electron chi connectivity index (χ3n) is 5.22. The summed E-state index contributed by atoms with van der Waals surface area (Å²) in [5.41, 5.74) is -0.161. The molecule has 2 fully saturated rings. The van der Waals surface area contributed by atoms with Crippen LogP contribution in [0.3, 0.4) is 0 Å². The van der Waals surface area contributed by atoms with Crippen molar-refractivity contribution in [3.8, 4) is 0 Å². The Balaban J connectivity index is 1.65. The Morgan fingerprint density at radius 2 is 1.79 bits per heavy atom. The maximum atomic E-state index is 12.5. The zero-order valence-corrected chi connectivity index (χ0v) is 18.4. The van der Waals surface area contributed by atoms with E-state index in [1.165, 1.54) is 6.07 Å². The lowest BCUT2D eigenvalue weighted by Gasteiger charge is -2.29. The summed E-state index contributed by atoms with van der Waals surface area (Å²) in [6.07, 6.45) is 5.68. The van der Waals surface area contributed by atoms with E-state index in [1.807, 2.05) is 0 Å². The fourth-order valence-corrected chi connectivity index (χ4v) is 5.52. The summed E-state index contributed by atoms with van der Waals surface area (Å²) < 4.78 is 32.5. The molecule has 0 heterocycles. The molecule has 2 N–H and O–H groups in total. The van der Waals surface area contributed by atoms with Crippen molar-refractivity contribution in [3.05, 3.63) is 27.7 Å². The van der Waals surface area contributed by atoms with Crippen LogP contribution in [0.4, 0.5) is 0 Å². The molecular formula is C19H24Cl2N2O5S. The van der Waals surface area contributed by atoms with Crippen molar-refractivity contribution in [2.24, 2.45) is 5.92 Å². The number of carbonyl (C=O) groups excluding carboxylic acids is 2. The molecule has 1 aromatic rings. The van der Waals surface area contributed by atoms with Crippen molar-refractivity contribution in [2.75, 3.05) is 6.61 Å². The van der Waals surface area contributed by atoms with E-state index in [9.17, 15) is 18.0 Å². The highest BCUT2D eigenvalue weighted by molar-refractivity contribution is 7.89. The second kappa shape index (κ2) is 9.20. The van der Waals surface area contributed by atoms with Gasteiger partial charge in [0.15, 0.2) is 6.61 Å². The summed E-state index contributed by atoms with van der Waals surface area (Å²) in [7, 11) is -3.88. The summed E-state index contributed by atoms with van der Waals surface area (Å²) in [6, 6.07) is 2.22. The van der Waals surface area contributed by atoms with Crippen LogP contribution in [0.25, 0.3) is 0 Å². The van der Waals surface area contributed by atoms with Crippen LogP contribution in [0.2, 0.25) is 10.0 Å². The molecule has 2 aliphatic rings. The molecule has 1 amide bonds. The minimum absolute atomic E-state index is 0.0494. The van der Waals surface area contributed by atoms with Crippen LogP contribution in [0.1, 0.15) is 55.8 Å². The van der Waals surface area contributed by atoms with Gasteiger partial charge in [-0.15, -0.1) is 0 Å². The maximum Gasteiger partial charge on any atom is 0.340 e. The smallest absolute Gasteiger partial charge is 0.340 e. The van der Waals surface area contributed by atoms with E-state index in [-0.39, 0.29) is 32.6 Å². The van der Waals surface area contributed by atoms with E-state index in [0.717, 1.165) is 44.6 Å². The number of hydrogen-bond donors (Lipinski definition) is 2. The second-order valence-electron chi connectivity index (χ2n) is 7.67. The molecule has 0 aliphatic heterocycles. The van der Waals surface area contributed by atoms with E-state index < -0.39 is 28.5 Å². The number of nitrogens with one attached hydrogen (secondary N) is 2. The minimum atomic E-state index is -3.88. The van der Waals surface area contributed by atoms with Crippen molar-refractivity contribution < 1.29 is 22.7 Å². The molecular weight excluding hydrogens is 439 g/mol. The molecule has 2 aliphatic carbocycles. The first-order chi connectivity index (χ1) is 13.7. The van der Waals surface area contributed by atoms with E-state index in [2.05, 4.69) is 17.0 Å². The third-order valence-corrected chi connectivity index (χ3v) is 7.52. The van der Waals surface area contributed by atoms with Gasteiger partial charge in [0.05, 0.1) is 15.6 Å². The molecule has 10 heteroatoms. The van der Waals surface area contributed by atoms with E-state index in [1.54, 1.807) is 0 Å². The van der Waals surface area contributed by atoms with Gasteiger partial charge in [0.2, 0.25) is 10.0 Å². The lowest BCUT2D eigenvalue weighted by molar-refractivity contribution is -0.125. The molecule has 29 heavy (non-hydrogen) atoms. The molecule has 1 aromatic carbocycles. The molecule has 7 nitrogen and oxygen atoms in total. The Hall–Kier alpha value is -1.35. The van der Waals surface area contributed by atoms with Gasteiger partial charge in [-0.1, -0.05) is 43.0 Å². The topological polar surface area (TPSA) is 102 Å². The maximum absolute atomic E-state index is 12.5. The van der Waals surface area contributed by atoms with Gasteiger partial charge in [-0.3, -0.25) is 4.79 Å². The number of benzene rings is 1. The predicted octanol–water partition coefficient (Wildman–Crippen LogP) is 3.29. The summed E-state index contributed by atoms with van der Waals surface area (Å²) >= 11 is 12.1. The first-order valence-electron chi connectivity index (χ1n) is 9.65. The lowest BCUT2D eigenvalue weighted by Crippen LogP contribution is -2.42. The normalized spacial score (nSPS) is 22.2. The highest BCUT2D eigenvalue weighted by Gasteiger charge is 2.31. The standard InChI is InChI=1S/C19H24Cl2N2O5S/c1-11-4-2-3-5-16(11)22-18(24)10-28-19(25)13-8-17(15(21)9-14(13)20)29(26,27)23-12-6-7-12/h8-9,11-12,16,23H,2-7,10H2,1H3,(H,22,24). The Morgan fingerprint density at radius 3 is 2.45 bits per heavy atom. The first kappa shape index (κ1) is 22.3. The van der Waals surface area contributed by atoms with Crippen LogP contribution in [-0.4, -0.2) is 39.0 Å². The first-order valence-corrected chi connectivity index (χ1v) is 11.9. The van der Waals surface area contributed by atoms with Crippen molar-refractivity contribution >= 4 is 45.1 Å². The van der Waals surface area contributed by atoms with Gasteiger partial charge in [-0.05, 0) is 43.7 Å². The third kappa shape index (κ3) is 5.84. The molecule has 2 unspecified atom stereocenters. The van der Waals surface area contributed by atoms with Crippen LogP contribution in [0, 0.1) is 5.92 Å². The fraction of sp³-hybridized carbons (Fsp3) is 0.579. The Labute approximate surface area is 180 Å². The summed E-state index contributed by atoms with van der Waals surface area (Å²) in [4.78, 5) is 24.3. The van der Waals surface area contributed by atoms with Crippen molar-refractivity contribution in [2.45, 2.75) is 62.4 Å². The average Bonchev–Trinajstić information content (AvgIpc) is 3.44. The molecule has 160 valence electrons. The van der Waals surface area contributed by atoms with Gasteiger partial charge in [-0.2, -0.15) is 0 Å². The fourth-order valence-electron chi connectivity index (χ4n) is 3.36. The SMILES string of the molecule is CC1CCCCC1NC(=O)COC(=O)c1cc(S(=O)(=O)NC2CC2)c(Cl)cc1Cl. The largest absolute Gasteiger partial charge is 0.452 e. The predicted molar refractivity (Wildman–Crippen MR) is 110 cm³/mol. The molecule has 2 saturated carbocycles. The molecule has 0 bridgehead atoms. The van der Waals surface area contributed by atoms with Crippen molar-refractivity contribution in [1.29, 1.82) is 0 Å². The highest BCUT2D eigenvalue weighted by Crippen LogP contribution is 2.31. The zero-order valence-electron chi connectivity index (χ0n) is 16.0. The van der Waals surface area contributed by atoms with Gasteiger partial charge in [0.1, 0.15) is 4.90 Å². The van der Waals surface area contributed by atoms with E-state index in [0.29, 0.717) is 5.92 Å². The number of hydrogen-bond acceptors (Lipinski definition) is 5. The van der Waals surface area contributed by atoms with Gasteiger partial charge >= 0.3 is 5.97 Å². The number of carbonyl (C=O) groups is 2. The monoisotopic (exact) mass is 462 g/mol. The molecule has 0 radical (unpaired) electrons. The Morgan fingerprint density at radius 1 is 1.10 bits per heavy atom. The average molecular weight is 463 g/mol. The second-order valence-corrected chi connectivity index (χ2v) is 10.2. The van der Waals surface area contributed by atoms with Crippen LogP contribution in [0.5, 0.6) is 0 Å². The van der Waals surface area contributed by atoms with E-state index in [4.69, 9.17) is 27.9 Å². The summed E-state index contributed by atoms with van der Waals surface area (Å²) in [5.74, 6) is -0.910. The van der Waals surface area contributed by atoms with Crippen LogP contribution >= 0.6 is 23.2 Å². The number of rotatable bonds is 7. The number of sulfonamides is 1. The van der Waals surface area contributed by atoms with Crippen LogP contribution < -0.4 is 10.0 Å². The number of halogens is 2. The van der Waals surface area contributed by atoms with Crippen molar-refractivity contribution in [3.63, 3.8) is 0 Å². The summed E-state index contributed by atoms with van der Waals surface area (Å²) in [5, 5.41) is 2.74. The minimum Gasteiger partial charge on any atom is -0.452 e. The quantitative estimate of drug-likeness (QED) is 0.605. The summed E-state index contributed by atoms with van der Waals surface area (Å²) in [6.45, 7) is 1.62.